The Bertz CT molecular complexity index is 865. The van der Waals surface area contributed by atoms with Crippen LogP contribution in [0, 0.1) is 0 Å². The molecule has 4 rings (SSSR count). The van der Waals surface area contributed by atoms with Gasteiger partial charge in [0.05, 0.1) is 37.7 Å². The number of ether oxygens (including phenoxy) is 2. The third-order valence-electron chi connectivity index (χ3n) is 4.72. The Morgan fingerprint density at radius 1 is 0.759 bits per heavy atom. The SMILES string of the molecule is Nc1cc(C2=NCCN2)ccc1OCCCOc1ccc(C2=NCCN2)cc1N. The highest BCUT2D eigenvalue weighted by molar-refractivity contribution is 6.01. The van der Waals surface area contributed by atoms with Crippen molar-refractivity contribution in [3.63, 3.8) is 0 Å². The molecule has 0 unspecified atom stereocenters. The minimum absolute atomic E-state index is 0.501. The first-order valence-corrected chi connectivity index (χ1v) is 9.83. The number of aliphatic imine (C=N–C) groups is 2. The van der Waals surface area contributed by atoms with Crippen molar-refractivity contribution < 1.29 is 9.47 Å². The van der Waals surface area contributed by atoms with Crippen LogP contribution in [0.2, 0.25) is 0 Å². The van der Waals surface area contributed by atoms with E-state index in [4.69, 9.17) is 20.9 Å². The normalized spacial score (nSPS) is 15.3. The quantitative estimate of drug-likeness (QED) is 0.397. The lowest BCUT2D eigenvalue weighted by molar-refractivity contribution is 0.249. The zero-order valence-electron chi connectivity index (χ0n) is 16.3. The molecule has 0 atom stereocenters. The molecule has 2 aromatic carbocycles. The van der Waals surface area contributed by atoms with Crippen LogP contribution in [0.3, 0.4) is 0 Å². The van der Waals surface area contributed by atoms with Crippen LogP contribution in [0.5, 0.6) is 11.5 Å². The molecule has 29 heavy (non-hydrogen) atoms. The smallest absolute Gasteiger partial charge is 0.142 e. The first-order chi connectivity index (χ1) is 14.2. The number of benzene rings is 2. The Hall–Kier alpha value is -3.42. The topological polar surface area (TPSA) is 119 Å². The van der Waals surface area contributed by atoms with Gasteiger partial charge in [-0.15, -0.1) is 0 Å². The number of amidine groups is 2. The molecular weight excluding hydrogens is 368 g/mol. The molecule has 0 aromatic heterocycles. The van der Waals surface area contributed by atoms with E-state index in [-0.39, 0.29) is 0 Å². The zero-order chi connectivity index (χ0) is 20.1. The van der Waals surface area contributed by atoms with Crippen molar-refractivity contribution in [3.05, 3.63) is 47.5 Å². The fourth-order valence-corrected chi connectivity index (χ4v) is 3.26. The number of hydrogen-bond acceptors (Lipinski definition) is 8. The van der Waals surface area contributed by atoms with Gasteiger partial charge < -0.3 is 31.6 Å². The highest BCUT2D eigenvalue weighted by Crippen LogP contribution is 2.25. The number of nitrogen functional groups attached to an aromatic ring is 2. The lowest BCUT2D eigenvalue weighted by Crippen LogP contribution is -2.19. The molecule has 8 nitrogen and oxygen atoms in total. The van der Waals surface area contributed by atoms with Gasteiger partial charge in [-0.2, -0.15) is 0 Å². The van der Waals surface area contributed by atoms with Gasteiger partial charge in [-0.05, 0) is 36.4 Å². The van der Waals surface area contributed by atoms with Crippen LogP contribution in [0.4, 0.5) is 11.4 Å². The predicted octanol–water partition coefficient (Wildman–Crippen LogP) is 1.40. The molecule has 8 heteroatoms. The van der Waals surface area contributed by atoms with E-state index in [1.54, 1.807) is 0 Å². The first-order valence-electron chi connectivity index (χ1n) is 9.83. The third-order valence-corrected chi connectivity index (χ3v) is 4.72. The highest BCUT2D eigenvalue weighted by atomic mass is 16.5. The van der Waals surface area contributed by atoms with Gasteiger partial charge in [-0.3, -0.25) is 9.98 Å². The van der Waals surface area contributed by atoms with Crippen LogP contribution in [0.1, 0.15) is 17.5 Å². The van der Waals surface area contributed by atoms with E-state index in [1.807, 2.05) is 36.4 Å². The zero-order valence-corrected chi connectivity index (χ0v) is 16.3. The molecule has 0 radical (unpaired) electrons. The van der Waals surface area contributed by atoms with Crippen molar-refractivity contribution in [1.82, 2.24) is 10.6 Å². The van der Waals surface area contributed by atoms with Crippen molar-refractivity contribution in [1.29, 1.82) is 0 Å². The van der Waals surface area contributed by atoms with Gasteiger partial charge in [-0.1, -0.05) is 0 Å². The van der Waals surface area contributed by atoms with Gasteiger partial charge in [0.25, 0.3) is 0 Å². The molecule has 0 amide bonds. The van der Waals surface area contributed by atoms with Gasteiger partial charge in [0, 0.05) is 30.6 Å². The number of hydrogen-bond donors (Lipinski definition) is 4. The summed E-state index contributed by atoms with van der Waals surface area (Å²) in [7, 11) is 0. The van der Waals surface area contributed by atoms with E-state index in [0.717, 1.165) is 49.0 Å². The van der Waals surface area contributed by atoms with Gasteiger partial charge in [0.2, 0.25) is 0 Å². The van der Waals surface area contributed by atoms with Crippen molar-refractivity contribution in [2.45, 2.75) is 6.42 Å². The van der Waals surface area contributed by atoms with E-state index in [2.05, 4.69) is 20.6 Å². The van der Waals surface area contributed by atoms with Crippen LogP contribution < -0.4 is 31.6 Å². The highest BCUT2D eigenvalue weighted by Gasteiger charge is 2.11. The second kappa shape index (κ2) is 8.72. The number of anilines is 2. The molecule has 6 N–H and O–H groups in total. The Morgan fingerprint density at radius 3 is 1.62 bits per heavy atom. The van der Waals surface area contributed by atoms with Crippen molar-refractivity contribution >= 4 is 23.0 Å². The minimum Gasteiger partial charge on any atom is -0.491 e. The minimum atomic E-state index is 0.501. The number of nitrogens with one attached hydrogen (secondary N) is 2. The van der Waals surface area contributed by atoms with Gasteiger partial charge in [-0.25, -0.2) is 0 Å². The molecule has 0 bridgehead atoms. The van der Waals surface area contributed by atoms with Crippen LogP contribution >= 0.6 is 0 Å². The van der Waals surface area contributed by atoms with Gasteiger partial charge >= 0.3 is 0 Å². The average molecular weight is 394 g/mol. The van der Waals surface area contributed by atoms with Crippen LogP contribution in [-0.2, 0) is 0 Å². The molecule has 2 aromatic rings. The first kappa shape index (κ1) is 18.9. The second-order valence-electron chi connectivity index (χ2n) is 6.87. The summed E-state index contributed by atoms with van der Waals surface area (Å²) in [4.78, 5) is 8.80. The summed E-state index contributed by atoms with van der Waals surface area (Å²) in [6.07, 6.45) is 0.713. The van der Waals surface area contributed by atoms with E-state index in [9.17, 15) is 0 Å². The molecular formula is C21H26N6O2. The molecule has 2 aliphatic heterocycles. The molecule has 2 aliphatic rings. The van der Waals surface area contributed by atoms with Crippen molar-refractivity contribution in [2.75, 3.05) is 50.9 Å². The molecule has 0 aliphatic carbocycles. The summed E-state index contributed by atoms with van der Waals surface area (Å²) in [5.41, 5.74) is 15.4. The van der Waals surface area contributed by atoms with Crippen LogP contribution in [0.25, 0.3) is 0 Å². The molecule has 0 fully saturated rings. The van der Waals surface area contributed by atoms with E-state index < -0.39 is 0 Å². The Labute approximate surface area is 170 Å². The standard InChI is InChI=1S/C21H26N6O2/c22-16-12-14(20-24-6-7-25-20)2-4-18(16)28-10-1-11-29-19-5-3-15(13-17(19)23)21-26-8-9-27-21/h2-5,12-13H,1,6-11,22-23H2,(H,24,25)(H,26,27). The lowest BCUT2D eigenvalue weighted by atomic mass is 10.1. The maximum atomic E-state index is 6.11. The van der Waals surface area contributed by atoms with Crippen molar-refractivity contribution in [3.8, 4) is 11.5 Å². The van der Waals surface area contributed by atoms with Gasteiger partial charge in [0.1, 0.15) is 23.2 Å². The Balaban J connectivity index is 1.24. The maximum Gasteiger partial charge on any atom is 0.142 e. The maximum absolute atomic E-state index is 6.11. The van der Waals surface area contributed by atoms with E-state index in [0.29, 0.717) is 42.5 Å². The molecule has 2 heterocycles. The largest absolute Gasteiger partial charge is 0.491 e. The average Bonchev–Trinajstić information content (AvgIpc) is 3.44. The molecule has 0 spiro atoms. The number of rotatable bonds is 8. The summed E-state index contributed by atoms with van der Waals surface area (Å²) >= 11 is 0. The number of nitrogens with zero attached hydrogens (tertiary/aromatic N) is 2. The predicted molar refractivity (Wildman–Crippen MR) is 116 cm³/mol. The summed E-state index contributed by atoms with van der Waals surface area (Å²) in [5, 5.41) is 6.47. The summed E-state index contributed by atoms with van der Waals surface area (Å²) in [5.74, 6) is 3.11. The second-order valence-corrected chi connectivity index (χ2v) is 6.87. The van der Waals surface area contributed by atoms with Crippen molar-refractivity contribution in [2.24, 2.45) is 9.98 Å². The van der Waals surface area contributed by atoms with E-state index >= 15 is 0 Å². The Kier molecular flexibility index (Phi) is 5.69. The number of nitrogens with two attached hydrogens (primary N) is 2. The molecule has 152 valence electrons. The third kappa shape index (κ3) is 4.53. The fourth-order valence-electron chi connectivity index (χ4n) is 3.26. The van der Waals surface area contributed by atoms with E-state index in [1.165, 1.54) is 0 Å². The Morgan fingerprint density at radius 2 is 1.24 bits per heavy atom. The summed E-state index contributed by atoms with van der Waals surface area (Å²) in [6, 6.07) is 11.5. The van der Waals surface area contributed by atoms with Crippen LogP contribution in [0.15, 0.2) is 46.4 Å². The summed E-state index contributed by atoms with van der Waals surface area (Å²) in [6.45, 7) is 4.33. The molecule has 0 saturated carbocycles. The monoisotopic (exact) mass is 394 g/mol. The lowest BCUT2D eigenvalue weighted by Gasteiger charge is -2.13. The molecule has 0 saturated heterocycles. The fraction of sp³-hybridized carbons (Fsp3) is 0.333. The van der Waals surface area contributed by atoms with Gasteiger partial charge in [0.15, 0.2) is 0 Å². The van der Waals surface area contributed by atoms with Crippen LogP contribution in [-0.4, -0.2) is 51.1 Å². The summed E-state index contributed by atoms with van der Waals surface area (Å²) < 4.78 is 11.6.